The van der Waals surface area contributed by atoms with Crippen molar-refractivity contribution in [2.45, 2.75) is 58.9 Å². The van der Waals surface area contributed by atoms with Crippen LogP contribution < -0.4 is 0 Å². The molecule has 1 rings (SSSR count). The van der Waals surface area contributed by atoms with E-state index in [1.165, 1.54) is 43.6 Å². The van der Waals surface area contributed by atoms with Gasteiger partial charge in [0, 0.05) is 6.54 Å². The smallest absolute Gasteiger partial charge is 0.0725 e. The molecule has 1 aromatic rings. The van der Waals surface area contributed by atoms with Gasteiger partial charge in [0.25, 0.3) is 0 Å². The van der Waals surface area contributed by atoms with Crippen LogP contribution in [0.2, 0.25) is 0 Å². The quantitative estimate of drug-likeness (QED) is 0.605. The summed E-state index contributed by atoms with van der Waals surface area (Å²) in [7, 11) is 0. The van der Waals surface area contributed by atoms with Crippen molar-refractivity contribution in [3.05, 3.63) is 11.9 Å². The molecule has 0 aliphatic heterocycles. The summed E-state index contributed by atoms with van der Waals surface area (Å²) in [6.07, 6.45) is 11.6. The molecule has 0 aliphatic carbocycles. The molecule has 0 bridgehead atoms. The second-order valence-corrected chi connectivity index (χ2v) is 6.27. The van der Waals surface area contributed by atoms with Crippen molar-refractivity contribution in [3.63, 3.8) is 0 Å². The molecule has 0 radical (unpaired) electrons. The van der Waals surface area contributed by atoms with E-state index in [9.17, 15) is 0 Å². The Bertz CT molecular complexity index is 310. The molecule has 18 heavy (non-hydrogen) atoms. The first-order chi connectivity index (χ1) is 8.74. The van der Waals surface area contributed by atoms with E-state index >= 15 is 0 Å². The molecule has 104 valence electrons. The number of rotatable bonds is 10. The highest BCUT2D eigenvalue weighted by Gasteiger charge is 2.04. The number of nitrogens with zero attached hydrogens (tertiary/aromatic N) is 3. The van der Waals surface area contributed by atoms with E-state index in [1.807, 2.05) is 18.0 Å². The third-order valence-electron chi connectivity index (χ3n) is 3.13. The molecule has 4 heteroatoms. The Labute approximate surface area is 116 Å². The van der Waals surface area contributed by atoms with Gasteiger partial charge in [-0.2, -0.15) is 11.8 Å². The zero-order chi connectivity index (χ0) is 13.2. The highest BCUT2D eigenvalue weighted by Crippen LogP contribution is 2.10. The van der Waals surface area contributed by atoms with Gasteiger partial charge in [-0.25, -0.2) is 4.68 Å². The molecule has 0 spiro atoms. The Morgan fingerprint density at radius 2 is 2.06 bits per heavy atom. The van der Waals surface area contributed by atoms with Crippen molar-refractivity contribution < 1.29 is 0 Å². The zero-order valence-electron chi connectivity index (χ0n) is 12.1. The molecule has 0 atom stereocenters. The van der Waals surface area contributed by atoms with Crippen LogP contribution in [0.5, 0.6) is 0 Å². The molecule has 1 aromatic heterocycles. The van der Waals surface area contributed by atoms with Gasteiger partial charge in [-0.05, 0) is 50.0 Å². The minimum atomic E-state index is 0.781. The Kier molecular flexibility index (Phi) is 8.14. The van der Waals surface area contributed by atoms with Crippen LogP contribution in [-0.4, -0.2) is 27.0 Å². The first kappa shape index (κ1) is 15.5. The molecule has 0 saturated heterocycles. The summed E-state index contributed by atoms with van der Waals surface area (Å²) in [6.45, 7) is 5.57. The van der Waals surface area contributed by atoms with Gasteiger partial charge in [-0.1, -0.05) is 25.5 Å². The van der Waals surface area contributed by atoms with E-state index in [-0.39, 0.29) is 0 Å². The van der Waals surface area contributed by atoms with Crippen LogP contribution >= 0.6 is 11.8 Å². The van der Waals surface area contributed by atoms with Crippen LogP contribution in [0.4, 0.5) is 0 Å². The van der Waals surface area contributed by atoms with Gasteiger partial charge in [0.2, 0.25) is 0 Å². The van der Waals surface area contributed by atoms with Gasteiger partial charge in [-0.3, -0.25) is 0 Å². The van der Waals surface area contributed by atoms with E-state index in [4.69, 9.17) is 0 Å². The summed E-state index contributed by atoms with van der Waals surface area (Å²) in [5.41, 5.74) is 1.31. The highest BCUT2D eigenvalue weighted by atomic mass is 32.2. The van der Waals surface area contributed by atoms with Crippen molar-refractivity contribution in [2.75, 3.05) is 12.0 Å². The molecule has 0 fully saturated rings. The summed E-state index contributed by atoms with van der Waals surface area (Å²) in [6, 6.07) is 0. The lowest BCUT2D eigenvalue weighted by molar-refractivity contribution is 0.470. The van der Waals surface area contributed by atoms with Crippen LogP contribution in [0.3, 0.4) is 0 Å². The largest absolute Gasteiger partial charge is 0.249 e. The number of aryl methyl sites for hydroxylation is 2. The van der Waals surface area contributed by atoms with Crippen LogP contribution in [0.1, 0.15) is 51.6 Å². The zero-order valence-corrected chi connectivity index (χ0v) is 12.9. The molecule has 0 aliphatic rings. The summed E-state index contributed by atoms with van der Waals surface area (Å²) in [5.74, 6) is 2.06. The van der Waals surface area contributed by atoms with Crippen molar-refractivity contribution in [1.29, 1.82) is 0 Å². The predicted octanol–water partition coefficient (Wildman–Crippen LogP) is 3.79. The van der Waals surface area contributed by atoms with Crippen molar-refractivity contribution in [1.82, 2.24) is 15.0 Å². The van der Waals surface area contributed by atoms with E-state index in [0.717, 1.165) is 18.9 Å². The molecule has 1 heterocycles. The first-order valence-electron chi connectivity index (χ1n) is 7.10. The fourth-order valence-electron chi connectivity index (χ4n) is 2.04. The molecular weight excluding hydrogens is 242 g/mol. The van der Waals surface area contributed by atoms with E-state index in [2.05, 4.69) is 35.1 Å². The SMILES string of the molecule is CSCCCCCc1cnnn1CCCC(C)C. The minimum Gasteiger partial charge on any atom is -0.249 e. The average molecular weight is 269 g/mol. The van der Waals surface area contributed by atoms with Gasteiger partial charge in [-0.15, -0.1) is 5.10 Å². The lowest BCUT2D eigenvalue weighted by Gasteiger charge is -2.07. The maximum Gasteiger partial charge on any atom is 0.0725 e. The normalized spacial score (nSPS) is 11.3. The summed E-state index contributed by atoms with van der Waals surface area (Å²) in [5, 5.41) is 8.23. The predicted molar refractivity (Wildman–Crippen MR) is 80.0 cm³/mol. The van der Waals surface area contributed by atoms with E-state index in [0.29, 0.717) is 0 Å². The highest BCUT2D eigenvalue weighted by molar-refractivity contribution is 7.98. The summed E-state index contributed by atoms with van der Waals surface area (Å²) >= 11 is 1.94. The number of aromatic nitrogens is 3. The lowest BCUT2D eigenvalue weighted by atomic mass is 10.1. The van der Waals surface area contributed by atoms with Crippen molar-refractivity contribution in [3.8, 4) is 0 Å². The lowest BCUT2D eigenvalue weighted by Crippen LogP contribution is -2.06. The maximum atomic E-state index is 4.19. The van der Waals surface area contributed by atoms with E-state index < -0.39 is 0 Å². The van der Waals surface area contributed by atoms with Gasteiger partial charge in [0.05, 0.1) is 11.9 Å². The molecular formula is C14H27N3S. The molecule has 0 N–H and O–H groups in total. The van der Waals surface area contributed by atoms with Crippen LogP contribution in [0.25, 0.3) is 0 Å². The standard InChI is InChI=1S/C14H27N3S/c1-13(2)8-7-10-17-14(12-15-16-17)9-5-4-6-11-18-3/h12-13H,4-11H2,1-3H3. The third-order valence-corrected chi connectivity index (χ3v) is 3.83. The van der Waals surface area contributed by atoms with Crippen molar-refractivity contribution >= 4 is 11.8 Å². The minimum absolute atomic E-state index is 0.781. The topological polar surface area (TPSA) is 30.7 Å². The molecule has 0 amide bonds. The van der Waals surface area contributed by atoms with E-state index in [1.54, 1.807) is 0 Å². The molecule has 3 nitrogen and oxygen atoms in total. The van der Waals surface area contributed by atoms with Gasteiger partial charge < -0.3 is 0 Å². The van der Waals surface area contributed by atoms with Crippen LogP contribution in [0, 0.1) is 5.92 Å². The first-order valence-corrected chi connectivity index (χ1v) is 8.49. The van der Waals surface area contributed by atoms with Gasteiger partial charge >= 0.3 is 0 Å². The number of unbranched alkanes of at least 4 members (excludes halogenated alkanes) is 2. The molecule has 0 saturated carbocycles. The second-order valence-electron chi connectivity index (χ2n) is 5.29. The fourth-order valence-corrected chi connectivity index (χ4v) is 2.53. The van der Waals surface area contributed by atoms with Crippen LogP contribution in [0.15, 0.2) is 6.20 Å². The van der Waals surface area contributed by atoms with Crippen LogP contribution in [-0.2, 0) is 13.0 Å². The summed E-state index contributed by atoms with van der Waals surface area (Å²) < 4.78 is 2.09. The second kappa shape index (κ2) is 9.42. The molecule has 0 aromatic carbocycles. The van der Waals surface area contributed by atoms with Gasteiger partial charge in [0.15, 0.2) is 0 Å². The fraction of sp³-hybridized carbons (Fsp3) is 0.857. The number of hydrogen-bond acceptors (Lipinski definition) is 3. The van der Waals surface area contributed by atoms with Gasteiger partial charge in [0.1, 0.15) is 0 Å². The Morgan fingerprint density at radius 3 is 2.78 bits per heavy atom. The number of hydrogen-bond donors (Lipinski definition) is 0. The van der Waals surface area contributed by atoms with Crippen molar-refractivity contribution in [2.24, 2.45) is 5.92 Å². The Hall–Kier alpha value is -0.510. The maximum absolute atomic E-state index is 4.19. The Balaban J connectivity index is 2.22. The average Bonchev–Trinajstić information content (AvgIpc) is 2.76. The Morgan fingerprint density at radius 1 is 1.22 bits per heavy atom. The molecule has 0 unspecified atom stereocenters. The monoisotopic (exact) mass is 269 g/mol. The number of thioether (sulfide) groups is 1. The third kappa shape index (κ3) is 6.43. The summed E-state index contributed by atoms with van der Waals surface area (Å²) in [4.78, 5) is 0.